The molecule has 0 fully saturated rings. The first-order chi connectivity index (χ1) is 12.2. The van der Waals surface area contributed by atoms with E-state index in [0.29, 0.717) is 45.3 Å². The Morgan fingerprint density at radius 1 is 1.27 bits per heavy atom. The lowest BCUT2D eigenvalue weighted by atomic mass is 9.68. The van der Waals surface area contributed by atoms with Gasteiger partial charge in [-0.1, -0.05) is 49.2 Å². The standard InChI is InChI=1S/C20H21Cl2NO3/c1-10-15(19(25)26-4)16(11-6-5-7-12(21)18(11)22)17-13(23-10)8-20(2,3)9-14(17)24/h5-7,16,23H,8-9H2,1-4H3/t16-/m0/s1. The Hall–Kier alpha value is -1.78. The molecule has 0 unspecified atom stereocenters. The van der Waals surface area contributed by atoms with Crippen molar-refractivity contribution in [2.45, 2.75) is 39.5 Å². The molecule has 0 aromatic heterocycles. The third-order valence-corrected chi connectivity index (χ3v) is 5.77. The lowest BCUT2D eigenvalue weighted by Gasteiger charge is -2.39. The van der Waals surface area contributed by atoms with Crippen molar-refractivity contribution in [2.24, 2.45) is 5.41 Å². The fourth-order valence-electron chi connectivity index (χ4n) is 3.87. The van der Waals surface area contributed by atoms with E-state index in [1.807, 2.05) is 6.92 Å². The van der Waals surface area contributed by atoms with Gasteiger partial charge in [0.05, 0.1) is 22.7 Å². The molecule has 1 heterocycles. The molecule has 0 amide bonds. The van der Waals surface area contributed by atoms with E-state index in [1.54, 1.807) is 18.2 Å². The van der Waals surface area contributed by atoms with Crippen LogP contribution in [-0.4, -0.2) is 18.9 Å². The summed E-state index contributed by atoms with van der Waals surface area (Å²) < 4.78 is 4.99. The highest BCUT2D eigenvalue weighted by Crippen LogP contribution is 2.48. The number of carbonyl (C=O) groups is 2. The molecule has 138 valence electrons. The molecule has 6 heteroatoms. The largest absolute Gasteiger partial charge is 0.466 e. The summed E-state index contributed by atoms with van der Waals surface area (Å²) >= 11 is 12.7. The molecule has 1 aliphatic heterocycles. The number of ether oxygens (including phenoxy) is 1. The molecule has 26 heavy (non-hydrogen) atoms. The van der Waals surface area contributed by atoms with Gasteiger partial charge in [-0.2, -0.15) is 0 Å². The molecule has 1 aromatic carbocycles. The fraction of sp³-hybridized carbons (Fsp3) is 0.400. The van der Waals surface area contributed by atoms with Crippen LogP contribution in [0.1, 0.15) is 45.1 Å². The number of hydrogen-bond donors (Lipinski definition) is 1. The number of esters is 1. The molecule has 0 radical (unpaired) electrons. The molecule has 1 N–H and O–H groups in total. The van der Waals surface area contributed by atoms with Gasteiger partial charge in [-0.3, -0.25) is 4.79 Å². The quantitative estimate of drug-likeness (QED) is 0.735. The van der Waals surface area contributed by atoms with Gasteiger partial charge in [0.1, 0.15) is 0 Å². The second-order valence-electron chi connectivity index (χ2n) is 7.56. The van der Waals surface area contributed by atoms with E-state index >= 15 is 0 Å². The van der Waals surface area contributed by atoms with Crippen LogP contribution in [0.4, 0.5) is 0 Å². The van der Waals surface area contributed by atoms with Crippen molar-refractivity contribution < 1.29 is 14.3 Å². The van der Waals surface area contributed by atoms with Crippen molar-refractivity contribution in [3.05, 3.63) is 56.3 Å². The van der Waals surface area contributed by atoms with Crippen LogP contribution in [0.15, 0.2) is 40.7 Å². The van der Waals surface area contributed by atoms with E-state index < -0.39 is 11.9 Å². The first kappa shape index (κ1) is 19.0. The minimum absolute atomic E-state index is 0.0127. The maximum absolute atomic E-state index is 13.0. The topological polar surface area (TPSA) is 55.4 Å². The van der Waals surface area contributed by atoms with E-state index in [0.717, 1.165) is 5.70 Å². The Labute approximate surface area is 163 Å². The van der Waals surface area contributed by atoms with Gasteiger partial charge in [-0.25, -0.2) is 4.79 Å². The van der Waals surface area contributed by atoms with Gasteiger partial charge in [0.25, 0.3) is 0 Å². The molecule has 0 saturated heterocycles. The van der Waals surface area contributed by atoms with Crippen LogP contribution in [0.25, 0.3) is 0 Å². The van der Waals surface area contributed by atoms with Gasteiger partial charge >= 0.3 is 5.97 Å². The average molecular weight is 394 g/mol. The van der Waals surface area contributed by atoms with E-state index in [9.17, 15) is 9.59 Å². The Kier molecular flexibility index (Phi) is 4.93. The number of halogens is 2. The van der Waals surface area contributed by atoms with Gasteiger partial charge in [0.2, 0.25) is 0 Å². The highest BCUT2D eigenvalue weighted by atomic mass is 35.5. The first-order valence-electron chi connectivity index (χ1n) is 8.42. The minimum atomic E-state index is -0.589. The van der Waals surface area contributed by atoms with Gasteiger partial charge in [0, 0.05) is 29.3 Å². The van der Waals surface area contributed by atoms with Crippen molar-refractivity contribution in [3.8, 4) is 0 Å². The third kappa shape index (κ3) is 3.17. The number of dihydropyridines is 1. The number of allylic oxidation sites excluding steroid dienone is 3. The third-order valence-electron chi connectivity index (χ3n) is 4.94. The van der Waals surface area contributed by atoms with Crippen LogP contribution in [-0.2, 0) is 14.3 Å². The highest BCUT2D eigenvalue weighted by Gasteiger charge is 2.43. The summed E-state index contributed by atoms with van der Waals surface area (Å²) in [5.41, 5.74) is 2.98. The lowest BCUT2D eigenvalue weighted by Crippen LogP contribution is -2.38. The molecular formula is C20H21Cl2NO3. The average Bonchev–Trinajstić information content (AvgIpc) is 2.54. The first-order valence-corrected chi connectivity index (χ1v) is 9.18. The van der Waals surface area contributed by atoms with Crippen LogP contribution in [0.3, 0.4) is 0 Å². The number of ketones is 1. The summed E-state index contributed by atoms with van der Waals surface area (Å²) in [7, 11) is 1.33. The number of methoxy groups -OCH3 is 1. The maximum atomic E-state index is 13.0. The van der Waals surface area contributed by atoms with E-state index in [2.05, 4.69) is 19.2 Å². The SMILES string of the molecule is COC(=O)C1=C(C)NC2=C(C(=O)CC(C)(C)C2)[C@H]1c1cccc(Cl)c1Cl. The predicted octanol–water partition coefficient (Wildman–Crippen LogP) is 4.77. The summed E-state index contributed by atoms with van der Waals surface area (Å²) in [5.74, 6) is -1.06. The molecule has 1 atom stereocenters. The van der Waals surface area contributed by atoms with Crippen LogP contribution in [0, 0.1) is 5.41 Å². The lowest BCUT2D eigenvalue weighted by molar-refractivity contribution is -0.136. The van der Waals surface area contributed by atoms with Crippen molar-refractivity contribution in [1.82, 2.24) is 5.32 Å². The molecular weight excluding hydrogens is 373 g/mol. The van der Waals surface area contributed by atoms with Gasteiger partial charge in [0.15, 0.2) is 5.78 Å². The molecule has 1 aromatic rings. The van der Waals surface area contributed by atoms with E-state index in [1.165, 1.54) is 7.11 Å². The number of carbonyl (C=O) groups excluding carboxylic acids is 2. The van der Waals surface area contributed by atoms with Crippen LogP contribution in [0.2, 0.25) is 10.0 Å². The second kappa shape index (κ2) is 6.75. The number of Topliss-reactive ketones (excluding diaryl/α,β-unsaturated/α-hetero) is 1. The highest BCUT2D eigenvalue weighted by molar-refractivity contribution is 6.42. The Bertz CT molecular complexity index is 868. The predicted molar refractivity (Wildman–Crippen MR) is 102 cm³/mol. The zero-order valence-corrected chi connectivity index (χ0v) is 16.7. The second-order valence-corrected chi connectivity index (χ2v) is 8.35. The Balaban J connectivity index is 2.26. The summed E-state index contributed by atoms with van der Waals surface area (Å²) in [4.78, 5) is 25.6. The molecule has 0 saturated carbocycles. The Morgan fingerprint density at radius 2 is 1.96 bits per heavy atom. The molecule has 4 nitrogen and oxygen atoms in total. The Morgan fingerprint density at radius 3 is 2.62 bits per heavy atom. The van der Waals surface area contributed by atoms with E-state index in [4.69, 9.17) is 27.9 Å². The number of benzene rings is 1. The van der Waals surface area contributed by atoms with Crippen molar-refractivity contribution in [1.29, 1.82) is 0 Å². The van der Waals surface area contributed by atoms with Crippen LogP contribution >= 0.6 is 23.2 Å². The molecule has 0 spiro atoms. The van der Waals surface area contributed by atoms with Gasteiger partial charge in [-0.05, 0) is 30.4 Å². The summed E-state index contributed by atoms with van der Waals surface area (Å²) in [6, 6.07) is 5.26. The summed E-state index contributed by atoms with van der Waals surface area (Å²) in [6.07, 6.45) is 1.13. The van der Waals surface area contributed by atoms with Crippen molar-refractivity contribution in [3.63, 3.8) is 0 Å². The van der Waals surface area contributed by atoms with Crippen molar-refractivity contribution >= 4 is 35.0 Å². The molecule has 0 bridgehead atoms. The summed E-state index contributed by atoms with van der Waals surface area (Å²) in [6.45, 7) is 5.94. The molecule has 2 aliphatic rings. The monoisotopic (exact) mass is 393 g/mol. The normalized spacial score (nSPS) is 22.1. The molecule has 1 aliphatic carbocycles. The fourth-order valence-corrected chi connectivity index (χ4v) is 4.29. The van der Waals surface area contributed by atoms with Crippen LogP contribution < -0.4 is 5.32 Å². The van der Waals surface area contributed by atoms with Gasteiger partial charge < -0.3 is 10.1 Å². The zero-order chi connectivity index (χ0) is 19.2. The number of rotatable bonds is 2. The molecule has 3 rings (SSSR count). The van der Waals surface area contributed by atoms with E-state index in [-0.39, 0.29) is 11.2 Å². The smallest absolute Gasteiger partial charge is 0.336 e. The number of nitrogens with one attached hydrogen (secondary N) is 1. The zero-order valence-electron chi connectivity index (χ0n) is 15.2. The number of hydrogen-bond acceptors (Lipinski definition) is 4. The summed E-state index contributed by atoms with van der Waals surface area (Å²) in [5, 5.41) is 4.00. The van der Waals surface area contributed by atoms with Crippen LogP contribution in [0.5, 0.6) is 0 Å². The minimum Gasteiger partial charge on any atom is -0.466 e. The van der Waals surface area contributed by atoms with Gasteiger partial charge in [-0.15, -0.1) is 0 Å². The van der Waals surface area contributed by atoms with Crippen molar-refractivity contribution in [2.75, 3.05) is 7.11 Å². The maximum Gasteiger partial charge on any atom is 0.336 e.